The standard InChI is InChI=1S/C14H26N4O3S/c1-13(2,3)6-10-22(20,21)18-8-4-5-14(19,12-18)11-17-9-7-15-16-17/h7,9,19H,4-6,8,10-12H2,1-3H3. The minimum atomic E-state index is -3.34. The number of hydrogen-bond donors (Lipinski definition) is 1. The molecule has 2 rings (SSSR count). The van der Waals surface area contributed by atoms with Gasteiger partial charge in [-0.3, -0.25) is 0 Å². The second-order valence-corrected chi connectivity index (χ2v) is 9.48. The average molecular weight is 330 g/mol. The van der Waals surface area contributed by atoms with E-state index < -0.39 is 15.6 Å². The predicted octanol–water partition coefficient (Wildman–Crippen LogP) is 0.871. The highest BCUT2D eigenvalue weighted by Crippen LogP contribution is 2.27. The maximum Gasteiger partial charge on any atom is 0.214 e. The fourth-order valence-corrected chi connectivity index (χ4v) is 4.59. The lowest BCUT2D eigenvalue weighted by Crippen LogP contribution is -2.53. The summed E-state index contributed by atoms with van der Waals surface area (Å²) in [6, 6.07) is 0. The monoisotopic (exact) mass is 330 g/mol. The first-order valence-electron chi connectivity index (χ1n) is 7.64. The second kappa shape index (κ2) is 6.25. The second-order valence-electron chi connectivity index (χ2n) is 7.39. The molecule has 126 valence electrons. The molecule has 0 aliphatic carbocycles. The van der Waals surface area contributed by atoms with Crippen molar-refractivity contribution in [1.29, 1.82) is 0 Å². The topological polar surface area (TPSA) is 88.3 Å². The SMILES string of the molecule is CC(C)(C)CCS(=O)(=O)N1CCCC(O)(Cn2ccnn2)C1. The van der Waals surface area contributed by atoms with E-state index in [1.165, 1.54) is 4.31 Å². The zero-order valence-electron chi connectivity index (χ0n) is 13.6. The summed E-state index contributed by atoms with van der Waals surface area (Å²) in [5.74, 6) is 0.121. The summed E-state index contributed by atoms with van der Waals surface area (Å²) in [6.07, 6.45) is 5.04. The van der Waals surface area contributed by atoms with E-state index in [2.05, 4.69) is 10.3 Å². The molecule has 1 atom stereocenters. The molecule has 2 heterocycles. The van der Waals surface area contributed by atoms with Crippen LogP contribution in [-0.4, -0.2) is 57.3 Å². The number of rotatable bonds is 5. The fourth-order valence-electron chi connectivity index (χ4n) is 2.62. The van der Waals surface area contributed by atoms with Gasteiger partial charge in [0.25, 0.3) is 0 Å². The number of aromatic nitrogens is 3. The molecular weight excluding hydrogens is 304 g/mol. The van der Waals surface area contributed by atoms with Crippen molar-refractivity contribution in [2.24, 2.45) is 5.41 Å². The molecule has 22 heavy (non-hydrogen) atoms. The highest BCUT2D eigenvalue weighted by Gasteiger charge is 2.38. The summed E-state index contributed by atoms with van der Waals surface area (Å²) < 4.78 is 28.0. The molecule has 1 aliphatic rings. The quantitative estimate of drug-likeness (QED) is 0.865. The Bertz CT molecular complexity index is 580. The van der Waals surface area contributed by atoms with Crippen molar-refractivity contribution >= 4 is 10.0 Å². The Labute approximate surface area is 132 Å². The highest BCUT2D eigenvalue weighted by molar-refractivity contribution is 7.89. The Hall–Kier alpha value is -0.990. The van der Waals surface area contributed by atoms with Crippen molar-refractivity contribution in [3.05, 3.63) is 12.4 Å². The van der Waals surface area contributed by atoms with Gasteiger partial charge in [0.1, 0.15) is 0 Å². The van der Waals surface area contributed by atoms with Gasteiger partial charge in [-0.25, -0.2) is 13.1 Å². The van der Waals surface area contributed by atoms with Crippen LogP contribution in [0.3, 0.4) is 0 Å². The third kappa shape index (κ3) is 4.76. The maximum absolute atomic E-state index is 12.5. The van der Waals surface area contributed by atoms with Crippen LogP contribution in [0.2, 0.25) is 0 Å². The van der Waals surface area contributed by atoms with E-state index in [4.69, 9.17) is 0 Å². The largest absolute Gasteiger partial charge is 0.387 e. The minimum absolute atomic E-state index is 0.0279. The first kappa shape index (κ1) is 17.4. The van der Waals surface area contributed by atoms with Crippen LogP contribution in [0, 0.1) is 5.41 Å². The van der Waals surface area contributed by atoms with Gasteiger partial charge >= 0.3 is 0 Å². The van der Waals surface area contributed by atoms with E-state index >= 15 is 0 Å². The Morgan fingerprint density at radius 3 is 2.68 bits per heavy atom. The molecule has 0 saturated carbocycles. The third-order valence-corrected chi connectivity index (χ3v) is 5.77. The van der Waals surface area contributed by atoms with Gasteiger partial charge in [0.15, 0.2) is 0 Å². The molecule has 1 aromatic heterocycles. The van der Waals surface area contributed by atoms with E-state index in [1.807, 2.05) is 20.8 Å². The van der Waals surface area contributed by atoms with Crippen molar-refractivity contribution in [3.63, 3.8) is 0 Å². The van der Waals surface area contributed by atoms with E-state index in [9.17, 15) is 13.5 Å². The highest BCUT2D eigenvalue weighted by atomic mass is 32.2. The van der Waals surface area contributed by atoms with E-state index in [0.29, 0.717) is 25.8 Å². The maximum atomic E-state index is 12.5. The molecular formula is C14H26N4O3S. The van der Waals surface area contributed by atoms with Gasteiger partial charge in [-0.2, -0.15) is 4.31 Å². The summed E-state index contributed by atoms with van der Waals surface area (Å²) in [7, 11) is -3.34. The predicted molar refractivity (Wildman–Crippen MR) is 83.6 cm³/mol. The molecule has 0 radical (unpaired) electrons. The van der Waals surface area contributed by atoms with Crippen molar-refractivity contribution in [1.82, 2.24) is 19.3 Å². The van der Waals surface area contributed by atoms with E-state index in [0.717, 1.165) is 0 Å². The summed E-state index contributed by atoms with van der Waals surface area (Å²) in [5.41, 5.74) is -1.11. The zero-order valence-corrected chi connectivity index (χ0v) is 14.4. The van der Waals surface area contributed by atoms with Gasteiger partial charge < -0.3 is 5.11 Å². The summed E-state index contributed by atoms with van der Waals surface area (Å²) in [6.45, 7) is 6.95. The fraction of sp³-hybridized carbons (Fsp3) is 0.857. The third-order valence-electron chi connectivity index (χ3n) is 3.95. The molecule has 8 heteroatoms. The number of nitrogens with zero attached hydrogens (tertiary/aromatic N) is 4. The van der Waals surface area contributed by atoms with E-state index in [-0.39, 0.29) is 24.3 Å². The van der Waals surface area contributed by atoms with Crippen LogP contribution in [-0.2, 0) is 16.6 Å². The Morgan fingerprint density at radius 2 is 2.09 bits per heavy atom. The molecule has 1 unspecified atom stereocenters. The lowest BCUT2D eigenvalue weighted by molar-refractivity contribution is -0.0248. The van der Waals surface area contributed by atoms with Crippen LogP contribution in [0.15, 0.2) is 12.4 Å². The van der Waals surface area contributed by atoms with Gasteiger partial charge in [0.2, 0.25) is 10.0 Å². The van der Waals surface area contributed by atoms with Crippen LogP contribution in [0.5, 0.6) is 0 Å². The minimum Gasteiger partial charge on any atom is -0.387 e. The zero-order chi connectivity index (χ0) is 16.4. The molecule has 7 nitrogen and oxygen atoms in total. The first-order chi connectivity index (χ1) is 10.1. The number of hydrogen-bond acceptors (Lipinski definition) is 5. The normalized spacial score (nSPS) is 24.5. The van der Waals surface area contributed by atoms with Gasteiger partial charge in [-0.05, 0) is 24.7 Å². The van der Waals surface area contributed by atoms with Crippen LogP contribution in [0.4, 0.5) is 0 Å². The molecule has 0 amide bonds. The van der Waals surface area contributed by atoms with Crippen LogP contribution < -0.4 is 0 Å². The summed E-state index contributed by atoms with van der Waals surface area (Å²) in [4.78, 5) is 0. The van der Waals surface area contributed by atoms with Crippen molar-refractivity contribution in [3.8, 4) is 0 Å². The molecule has 0 aromatic carbocycles. The Balaban J connectivity index is 2.03. The lowest BCUT2D eigenvalue weighted by Gasteiger charge is -2.38. The molecule has 1 fully saturated rings. The van der Waals surface area contributed by atoms with Gasteiger partial charge in [0, 0.05) is 19.3 Å². The van der Waals surface area contributed by atoms with Gasteiger partial charge in [-0.1, -0.05) is 26.0 Å². The number of piperidine rings is 1. The van der Waals surface area contributed by atoms with Crippen molar-refractivity contribution in [2.75, 3.05) is 18.8 Å². The molecule has 0 spiro atoms. The molecule has 1 aliphatic heterocycles. The average Bonchev–Trinajstić information content (AvgIpc) is 2.88. The summed E-state index contributed by atoms with van der Waals surface area (Å²) in [5, 5.41) is 18.3. The molecule has 1 aromatic rings. The van der Waals surface area contributed by atoms with Gasteiger partial charge in [0.05, 0.1) is 24.1 Å². The van der Waals surface area contributed by atoms with Crippen molar-refractivity contribution < 1.29 is 13.5 Å². The van der Waals surface area contributed by atoms with Gasteiger partial charge in [-0.15, -0.1) is 5.10 Å². The number of aliphatic hydroxyl groups is 1. The lowest BCUT2D eigenvalue weighted by atomic mass is 9.94. The van der Waals surface area contributed by atoms with E-state index in [1.54, 1.807) is 17.1 Å². The Morgan fingerprint density at radius 1 is 1.36 bits per heavy atom. The smallest absolute Gasteiger partial charge is 0.214 e. The first-order valence-corrected chi connectivity index (χ1v) is 9.25. The number of sulfonamides is 1. The number of β-amino-alcohol motifs (C(OH)–C–C–N with tert-alkyl or cyclic N) is 1. The van der Waals surface area contributed by atoms with Crippen molar-refractivity contribution in [2.45, 2.75) is 52.2 Å². The molecule has 1 N–H and O–H groups in total. The van der Waals surface area contributed by atoms with Crippen LogP contribution in [0.1, 0.15) is 40.0 Å². The van der Waals surface area contributed by atoms with Crippen LogP contribution in [0.25, 0.3) is 0 Å². The molecule has 0 bridgehead atoms. The summed E-state index contributed by atoms with van der Waals surface area (Å²) >= 11 is 0. The molecule has 1 saturated heterocycles. The van der Waals surface area contributed by atoms with Crippen LogP contribution >= 0.6 is 0 Å². The Kier molecular flexibility index (Phi) is 4.93.